The van der Waals surface area contributed by atoms with Gasteiger partial charge in [-0.05, 0) is 88.2 Å². The fourth-order valence-corrected chi connectivity index (χ4v) is 7.86. The summed E-state index contributed by atoms with van der Waals surface area (Å²) in [5, 5.41) is 25.6. The van der Waals surface area contributed by atoms with Gasteiger partial charge in [-0.15, -0.1) is 6.42 Å². The molecule has 0 spiro atoms. The predicted molar refractivity (Wildman–Crippen MR) is 182 cm³/mol. The largest absolute Gasteiger partial charge is 0.508 e. The Morgan fingerprint density at radius 1 is 1.18 bits per heavy atom. The Kier molecular flexibility index (Phi) is 8.37. The summed E-state index contributed by atoms with van der Waals surface area (Å²) in [6.07, 6.45) is 13.3. The van der Waals surface area contributed by atoms with E-state index in [1.54, 1.807) is 6.92 Å². The SMILES string of the molecule is C#Cc1c(F)ccc2cc(O)cc(-c3ncc4c(N5CCC[C@@](C)(O)[C@@H](NC(=O)C=C)C5)nc(OCC56CCCN5CCC6)nc4c3F)c12. The molecular formula is C37H38F2N6O4. The number of aromatic hydroxyl groups is 1. The van der Waals surface area contributed by atoms with Gasteiger partial charge in [-0.2, -0.15) is 9.97 Å². The minimum Gasteiger partial charge on any atom is -0.508 e. The Labute approximate surface area is 282 Å². The van der Waals surface area contributed by atoms with E-state index in [1.165, 1.54) is 30.5 Å². The number of hydrogen-bond donors (Lipinski definition) is 3. The van der Waals surface area contributed by atoms with Crippen molar-refractivity contribution in [2.45, 2.75) is 62.6 Å². The van der Waals surface area contributed by atoms with Crippen molar-refractivity contribution in [3.8, 4) is 35.4 Å². The third-order valence-corrected chi connectivity index (χ3v) is 10.4. The molecule has 0 radical (unpaired) electrons. The number of amides is 1. The first-order valence-electron chi connectivity index (χ1n) is 16.6. The van der Waals surface area contributed by atoms with Crippen molar-refractivity contribution >= 4 is 33.4 Å². The lowest BCUT2D eigenvalue weighted by Crippen LogP contribution is -2.54. The second-order valence-corrected chi connectivity index (χ2v) is 13.6. The zero-order valence-electron chi connectivity index (χ0n) is 27.3. The Hall–Kier alpha value is -4.86. The Balaban J connectivity index is 1.38. The van der Waals surface area contributed by atoms with Crippen molar-refractivity contribution in [1.82, 2.24) is 25.2 Å². The molecule has 0 aliphatic carbocycles. The molecule has 3 aliphatic heterocycles. The molecule has 7 rings (SSSR count). The van der Waals surface area contributed by atoms with Crippen molar-refractivity contribution in [2.24, 2.45) is 0 Å². The van der Waals surface area contributed by atoms with Gasteiger partial charge >= 0.3 is 6.01 Å². The summed E-state index contributed by atoms with van der Waals surface area (Å²) in [5.74, 6) is 0.596. The molecule has 0 saturated carbocycles. The topological polar surface area (TPSA) is 124 Å². The summed E-state index contributed by atoms with van der Waals surface area (Å²) >= 11 is 0. The van der Waals surface area contributed by atoms with Crippen LogP contribution in [0.25, 0.3) is 32.9 Å². The van der Waals surface area contributed by atoms with E-state index < -0.39 is 29.2 Å². The standard InChI is InChI=1S/C37H38F2N6O4/c1-4-24-27(38)10-9-22-17-23(46)18-25(30(22)24)32-31(39)33-26(19-40-32)34(44-14-6-11-36(3,48)28(20-44)41-29(47)5-2)43-35(42-33)49-21-37-12-7-15-45(37)16-8-13-37/h1,5,9-10,17-19,28,46,48H,2,6-8,11-16,20-21H2,3H3,(H,41,47)/t28-,36+/m0/s1. The van der Waals surface area contributed by atoms with Crippen LogP contribution < -0.4 is 15.0 Å². The number of halogens is 2. The van der Waals surface area contributed by atoms with Crippen LogP contribution in [0.5, 0.6) is 11.8 Å². The maximum Gasteiger partial charge on any atom is 0.319 e. The first-order chi connectivity index (χ1) is 23.5. The highest BCUT2D eigenvalue weighted by atomic mass is 19.1. The minimum atomic E-state index is -1.24. The highest BCUT2D eigenvalue weighted by molar-refractivity contribution is 6.03. The normalized spacial score (nSPS) is 22.1. The third-order valence-electron chi connectivity index (χ3n) is 10.4. The molecule has 1 amide bonds. The average molecular weight is 669 g/mol. The van der Waals surface area contributed by atoms with Gasteiger partial charge < -0.3 is 25.2 Å². The van der Waals surface area contributed by atoms with E-state index in [2.05, 4.69) is 32.7 Å². The number of nitrogens with one attached hydrogen (secondary N) is 1. The molecule has 0 unspecified atom stereocenters. The summed E-state index contributed by atoms with van der Waals surface area (Å²) in [4.78, 5) is 30.5. The lowest BCUT2D eigenvalue weighted by molar-refractivity contribution is -0.119. The first kappa shape index (κ1) is 32.7. The Morgan fingerprint density at radius 3 is 2.67 bits per heavy atom. The van der Waals surface area contributed by atoms with E-state index >= 15 is 4.39 Å². The molecular weight excluding hydrogens is 630 g/mol. The zero-order valence-corrected chi connectivity index (χ0v) is 27.3. The molecule has 2 aromatic heterocycles. The van der Waals surface area contributed by atoms with Crippen LogP contribution in [0.4, 0.5) is 14.6 Å². The first-order valence-corrected chi connectivity index (χ1v) is 16.6. The van der Waals surface area contributed by atoms with Crippen LogP contribution in [0.15, 0.2) is 43.1 Å². The van der Waals surface area contributed by atoms with Crippen LogP contribution in [0.1, 0.15) is 51.0 Å². The number of aliphatic hydroxyl groups is 1. The number of phenolic OH excluding ortho intramolecular Hbond substituents is 1. The zero-order chi connectivity index (χ0) is 34.5. The molecule has 3 saturated heterocycles. The van der Waals surface area contributed by atoms with Crippen molar-refractivity contribution in [1.29, 1.82) is 0 Å². The van der Waals surface area contributed by atoms with Gasteiger partial charge in [-0.25, -0.2) is 8.78 Å². The Morgan fingerprint density at radius 2 is 1.94 bits per heavy atom. The number of carbonyl (C=O) groups excluding carboxylic acids is 1. The number of rotatable bonds is 7. The molecule has 5 heterocycles. The van der Waals surface area contributed by atoms with E-state index in [0.717, 1.165) is 44.8 Å². The number of hydrogen-bond acceptors (Lipinski definition) is 9. The Bertz CT molecular complexity index is 2020. The van der Waals surface area contributed by atoms with E-state index in [4.69, 9.17) is 16.1 Å². The van der Waals surface area contributed by atoms with Crippen LogP contribution in [0.3, 0.4) is 0 Å². The average Bonchev–Trinajstić information content (AvgIpc) is 3.63. The maximum absolute atomic E-state index is 17.0. The van der Waals surface area contributed by atoms with E-state index in [-0.39, 0.29) is 57.0 Å². The van der Waals surface area contributed by atoms with Crippen LogP contribution in [-0.2, 0) is 4.79 Å². The number of aromatic nitrogens is 3. The molecule has 12 heteroatoms. The fraction of sp³-hybridized carbons (Fsp3) is 0.405. The smallest absolute Gasteiger partial charge is 0.319 e. The van der Waals surface area contributed by atoms with Gasteiger partial charge in [0.1, 0.15) is 35.2 Å². The van der Waals surface area contributed by atoms with Crippen molar-refractivity contribution in [2.75, 3.05) is 37.7 Å². The lowest BCUT2D eigenvalue weighted by Gasteiger charge is -2.34. The number of benzene rings is 2. The monoisotopic (exact) mass is 668 g/mol. The van der Waals surface area contributed by atoms with Gasteiger partial charge in [-0.1, -0.05) is 18.6 Å². The van der Waals surface area contributed by atoms with Crippen molar-refractivity contribution in [3.05, 3.63) is 60.3 Å². The van der Waals surface area contributed by atoms with Crippen molar-refractivity contribution in [3.63, 3.8) is 0 Å². The fourth-order valence-electron chi connectivity index (χ4n) is 7.86. The van der Waals surface area contributed by atoms with E-state index in [9.17, 15) is 19.4 Å². The molecule has 3 aliphatic rings. The molecule has 254 valence electrons. The van der Waals surface area contributed by atoms with Gasteiger partial charge in [0.15, 0.2) is 5.82 Å². The number of anilines is 1. The van der Waals surface area contributed by atoms with E-state index in [0.29, 0.717) is 37.2 Å². The number of terminal acetylenes is 1. The van der Waals surface area contributed by atoms with Crippen LogP contribution in [0, 0.1) is 24.0 Å². The van der Waals surface area contributed by atoms with Gasteiger partial charge in [0.05, 0.1) is 28.1 Å². The molecule has 3 N–H and O–H groups in total. The summed E-state index contributed by atoms with van der Waals surface area (Å²) in [5.41, 5.74) is -1.61. The van der Waals surface area contributed by atoms with E-state index in [1.807, 2.05) is 4.90 Å². The minimum absolute atomic E-state index is 0.0227. The summed E-state index contributed by atoms with van der Waals surface area (Å²) in [6.45, 7) is 8.14. The number of phenols is 1. The highest BCUT2D eigenvalue weighted by Crippen LogP contribution is 2.41. The summed E-state index contributed by atoms with van der Waals surface area (Å²) < 4.78 is 38.2. The van der Waals surface area contributed by atoms with Gasteiger partial charge in [0.25, 0.3) is 0 Å². The van der Waals surface area contributed by atoms with Gasteiger partial charge in [-0.3, -0.25) is 14.7 Å². The molecule has 4 aromatic rings. The second-order valence-electron chi connectivity index (χ2n) is 13.6. The number of nitrogens with zero attached hydrogens (tertiary/aromatic N) is 5. The number of pyridine rings is 1. The number of fused-ring (bicyclic) bond motifs is 3. The third kappa shape index (κ3) is 5.81. The molecule has 49 heavy (non-hydrogen) atoms. The van der Waals surface area contributed by atoms with Crippen LogP contribution >= 0.6 is 0 Å². The quantitative estimate of drug-likeness (QED) is 0.188. The highest BCUT2D eigenvalue weighted by Gasteiger charge is 2.45. The summed E-state index contributed by atoms with van der Waals surface area (Å²) in [6, 6.07) is 4.67. The lowest BCUT2D eigenvalue weighted by atomic mass is 9.92. The molecule has 0 bridgehead atoms. The number of carbonyl (C=O) groups is 1. The maximum atomic E-state index is 17.0. The predicted octanol–water partition coefficient (Wildman–Crippen LogP) is 4.84. The van der Waals surface area contributed by atoms with Crippen molar-refractivity contribution < 1.29 is 28.5 Å². The van der Waals surface area contributed by atoms with Gasteiger partial charge in [0, 0.05) is 30.2 Å². The van der Waals surface area contributed by atoms with Crippen LogP contribution in [-0.4, -0.2) is 85.9 Å². The second kappa shape index (κ2) is 12.5. The van der Waals surface area contributed by atoms with Gasteiger partial charge in [0.2, 0.25) is 5.91 Å². The van der Waals surface area contributed by atoms with Crippen LogP contribution in [0.2, 0.25) is 0 Å². The molecule has 10 nitrogen and oxygen atoms in total. The molecule has 2 aromatic carbocycles. The summed E-state index contributed by atoms with van der Waals surface area (Å²) in [7, 11) is 0. The molecule has 3 fully saturated rings. The molecule has 2 atom stereocenters. The number of ether oxygens (including phenoxy) is 1.